The number of hydrazine groups is 1. The Bertz CT molecular complexity index is 1980. The average Bonchev–Trinajstić information content (AvgIpc) is 3.47. The molecule has 8 heteroatoms. The van der Waals surface area contributed by atoms with Crippen LogP contribution in [-0.4, -0.2) is 24.1 Å². The third-order valence-corrected chi connectivity index (χ3v) is 11.2. The molecule has 3 aromatic rings. The van der Waals surface area contributed by atoms with Crippen molar-refractivity contribution in [1.82, 2.24) is 5.01 Å². The van der Waals surface area contributed by atoms with Crippen molar-refractivity contribution in [3.8, 4) is 0 Å². The lowest BCUT2D eigenvalue weighted by Gasteiger charge is -2.33. The molecule has 6 rings (SSSR count). The zero-order valence-corrected chi connectivity index (χ0v) is 32.0. The summed E-state index contributed by atoms with van der Waals surface area (Å²) in [7, 11) is 0. The molecule has 0 bridgehead atoms. The van der Waals surface area contributed by atoms with Gasteiger partial charge in [-0.1, -0.05) is 114 Å². The summed E-state index contributed by atoms with van der Waals surface area (Å²) in [6, 6.07) is 22.7. The maximum absolute atomic E-state index is 14.0. The fraction of sp³-hybridized carbons (Fsp3) is 0.378. The molecule has 0 aromatic heterocycles. The first-order valence-electron chi connectivity index (χ1n) is 19.0. The number of benzene rings is 3. The molecule has 3 aliphatic rings. The van der Waals surface area contributed by atoms with E-state index < -0.39 is 11.7 Å². The summed E-state index contributed by atoms with van der Waals surface area (Å²) in [6.45, 7) is 15.3. The zero-order valence-electron chi connectivity index (χ0n) is 32.0. The van der Waals surface area contributed by atoms with Crippen LogP contribution in [0, 0.1) is 0 Å². The number of alkyl halides is 3. The molecule has 0 spiro atoms. The molecule has 1 unspecified atom stereocenters. The maximum atomic E-state index is 14.0. The first-order valence-corrected chi connectivity index (χ1v) is 19.0. The number of nitrogens with zero attached hydrogens (tertiary/aromatic N) is 3. The van der Waals surface area contributed by atoms with Crippen molar-refractivity contribution in [3.05, 3.63) is 148 Å². The van der Waals surface area contributed by atoms with Crippen LogP contribution in [0.2, 0.25) is 0 Å². The molecule has 53 heavy (non-hydrogen) atoms. The molecule has 1 aliphatic carbocycles. The minimum Gasteiger partial charge on any atom is -0.397 e. The summed E-state index contributed by atoms with van der Waals surface area (Å²) < 4.78 is 42.1. The Morgan fingerprint density at radius 2 is 1.49 bits per heavy atom. The number of para-hydroxylation sites is 2. The molecule has 5 nitrogen and oxygen atoms in total. The minimum atomic E-state index is -4.56. The van der Waals surface area contributed by atoms with E-state index in [-0.39, 0.29) is 28.1 Å². The Hall–Kier alpha value is -4.69. The molecule has 2 aliphatic heterocycles. The first kappa shape index (κ1) is 38.0. The molecule has 0 saturated carbocycles. The van der Waals surface area contributed by atoms with Crippen LogP contribution in [0.15, 0.2) is 126 Å². The van der Waals surface area contributed by atoms with Gasteiger partial charge in [0.15, 0.2) is 0 Å². The fourth-order valence-electron chi connectivity index (χ4n) is 8.64. The predicted molar refractivity (Wildman–Crippen MR) is 214 cm³/mol. The Balaban J connectivity index is 1.47. The van der Waals surface area contributed by atoms with Crippen LogP contribution in [0.4, 0.5) is 24.5 Å². The Labute approximate surface area is 313 Å². The third-order valence-electron chi connectivity index (χ3n) is 11.2. The van der Waals surface area contributed by atoms with E-state index in [4.69, 9.17) is 11.6 Å². The van der Waals surface area contributed by atoms with Gasteiger partial charge < -0.3 is 15.5 Å². The summed E-state index contributed by atoms with van der Waals surface area (Å²) in [4.78, 5) is 4.90. The first-order chi connectivity index (χ1) is 25.2. The lowest BCUT2D eigenvalue weighted by molar-refractivity contribution is -0.137. The topological polar surface area (TPSA) is 61.8 Å². The molecule has 0 fully saturated rings. The van der Waals surface area contributed by atoms with Crippen molar-refractivity contribution in [3.63, 3.8) is 0 Å². The highest BCUT2D eigenvalue weighted by Gasteiger charge is 2.43. The van der Waals surface area contributed by atoms with Gasteiger partial charge in [0.1, 0.15) is 0 Å². The second kappa shape index (κ2) is 15.0. The van der Waals surface area contributed by atoms with E-state index >= 15 is 0 Å². The van der Waals surface area contributed by atoms with Crippen LogP contribution in [-0.2, 0) is 17.0 Å². The van der Waals surface area contributed by atoms with Gasteiger partial charge in [0, 0.05) is 52.8 Å². The number of fused-ring (bicyclic) bond motifs is 2. The second-order valence-electron chi connectivity index (χ2n) is 15.5. The summed E-state index contributed by atoms with van der Waals surface area (Å²) in [5.41, 5.74) is 14.3. The van der Waals surface area contributed by atoms with Gasteiger partial charge in [-0.2, -0.15) is 13.2 Å². The maximum Gasteiger partial charge on any atom is 0.417 e. The number of anilines is 2. The Kier molecular flexibility index (Phi) is 10.8. The number of halogens is 3. The minimum absolute atomic E-state index is 0.0532. The third kappa shape index (κ3) is 7.18. The van der Waals surface area contributed by atoms with Crippen molar-refractivity contribution in [1.29, 1.82) is 0 Å². The molecule has 2 heterocycles. The molecular weight excluding hydrogens is 668 g/mol. The monoisotopic (exact) mass is 721 g/mol. The highest BCUT2D eigenvalue weighted by molar-refractivity contribution is 5.71. The van der Waals surface area contributed by atoms with Gasteiger partial charge in [0.05, 0.1) is 23.0 Å². The number of rotatable bonds is 10. The van der Waals surface area contributed by atoms with Crippen molar-refractivity contribution in [2.75, 3.05) is 22.9 Å². The van der Waals surface area contributed by atoms with Crippen LogP contribution in [0.1, 0.15) is 95.9 Å². The van der Waals surface area contributed by atoms with E-state index in [1.54, 1.807) is 6.07 Å². The molecule has 0 saturated heterocycles. The molecule has 1 atom stereocenters. The molecule has 0 radical (unpaired) electrons. The van der Waals surface area contributed by atoms with Crippen LogP contribution in [0.3, 0.4) is 0 Å². The lowest BCUT2D eigenvalue weighted by atomic mass is 9.80. The van der Waals surface area contributed by atoms with Crippen LogP contribution >= 0.6 is 0 Å². The molecule has 280 valence electrons. The number of hydrogen-bond acceptors (Lipinski definition) is 5. The van der Waals surface area contributed by atoms with Crippen molar-refractivity contribution >= 4 is 17.1 Å². The number of allylic oxidation sites excluding steroid dienone is 6. The molecule has 4 N–H and O–H groups in total. The Morgan fingerprint density at radius 3 is 2.19 bits per heavy atom. The summed E-state index contributed by atoms with van der Waals surface area (Å²) >= 11 is 0. The molecular formula is C45H54F3N5. The van der Waals surface area contributed by atoms with Crippen LogP contribution in [0.25, 0.3) is 5.70 Å². The van der Waals surface area contributed by atoms with Crippen molar-refractivity contribution < 1.29 is 13.2 Å². The van der Waals surface area contributed by atoms with Crippen LogP contribution < -0.4 is 21.4 Å². The van der Waals surface area contributed by atoms with E-state index in [0.29, 0.717) is 0 Å². The largest absolute Gasteiger partial charge is 0.417 e. The number of nitrogens with two attached hydrogens (primary N) is 2. The van der Waals surface area contributed by atoms with Crippen LogP contribution in [0.5, 0.6) is 0 Å². The Morgan fingerprint density at radius 1 is 0.849 bits per heavy atom. The van der Waals surface area contributed by atoms with Gasteiger partial charge in [-0.25, -0.2) is 5.84 Å². The predicted octanol–water partition coefficient (Wildman–Crippen LogP) is 10.7. The quantitative estimate of drug-likeness (QED) is 0.161. The molecule has 3 aromatic carbocycles. The van der Waals surface area contributed by atoms with Gasteiger partial charge >= 0.3 is 6.18 Å². The fourth-order valence-corrected chi connectivity index (χ4v) is 8.64. The average molecular weight is 722 g/mol. The summed E-state index contributed by atoms with van der Waals surface area (Å²) in [5, 5.41) is 1.45. The highest BCUT2D eigenvalue weighted by Crippen LogP contribution is 2.49. The smallest absolute Gasteiger partial charge is 0.397 e. The zero-order chi connectivity index (χ0) is 38.1. The van der Waals surface area contributed by atoms with Gasteiger partial charge in [-0.3, -0.25) is 5.01 Å². The highest BCUT2D eigenvalue weighted by atomic mass is 19.4. The van der Waals surface area contributed by atoms with E-state index in [1.165, 1.54) is 51.5 Å². The molecule has 0 amide bonds. The van der Waals surface area contributed by atoms with E-state index in [9.17, 15) is 13.2 Å². The van der Waals surface area contributed by atoms with Gasteiger partial charge in [0.2, 0.25) is 0 Å². The van der Waals surface area contributed by atoms with E-state index in [2.05, 4.69) is 124 Å². The standard InChI is InChI=1S/C45H54F3N5/c1-7-28-51-38-22-13-11-20-35(38)43(3,4)40(51)26-24-31-16-15-17-32(25-27-41-44(5,6)36-21-12-14-23-39(36)52(41)29-8-2)42(31)53(50)30-37(49)33-18-9-10-19-34(33)45(46,47)48/h9-14,18-27,30,40H,7-8,15-17,28-29,49-50H2,1-6H3/b26-24+,32-25+,37-30-,41-27+. The summed E-state index contributed by atoms with van der Waals surface area (Å²) in [6.07, 6.45) is 10.2. The number of hydrogen-bond donors (Lipinski definition) is 2. The normalized spacial score (nSPS) is 21.2. The van der Waals surface area contributed by atoms with Gasteiger partial charge in [-0.05, 0) is 78.7 Å². The second-order valence-corrected chi connectivity index (χ2v) is 15.5. The van der Waals surface area contributed by atoms with Gasteiger partial charge in [0.25, 0.3) is 0 Å². The van der Waals surface area contributed by atoms with Gasteiger partial charge in [-0.15, -0.1) is 0 Å². The SMILES string of the molecule is CCCN1/C(=C/C=C2\CCCC(/C=C/C3N(CCC)c4ccccc4C3(C)C)=C2N(N)/C=C(\N)c2ccccc2C(F)(F)F)C(C)(C)c2ccccc21. The lowest BCUT2D eigenvalue weighted by Crippen LogP contribution is -2.40. The summed E-state index contributed by atoms with van der Waals surface area (Å²) in [5.74, 6) is 6.91. The van der Waals surface area contributed by atoms with E-state index in [0.717, 1.165) is 68.1 Å². The van der Waals surface area contributed by atoms with E-state index in [1.807, 2.05) is 0 Å². The van der Waals surface area contributed by atoms with Crippen molar-refractivity contribution in [2.24, 2.45) is 11.6 Å². The van der Waals surface area contributed by atoms with Crippen molar-refractivity contribution in [2.45, 2.75) is 96.7 Å².